The van der Waals surface area contributed by atoms with E-state index in [0.717, 1.165) is 11.1 Å². The van der Waals surface area contributed by atoms with Gasteiger partial charge in [0.05, 0.1) is 19.8 Å². The highest BCUT2D eigenvalue weighted by molar-refractivity contribution is 6.30. The summed E-state index contributed by atoms with van der Waals surface area (Å²) in [6.45, 7) is 0. The van der Waals surface area contributed by atoms with E-state index < -0.39 is 24.1 Å². The fourth-order valence-electron chi connectivity index (χ4n) is 4.03. The second-order valence-electron chi connectivity index (χ2n) is 8.18. The van der Waals surface area contributed by atoms with Crippen molar-refractivity contribution in [3.63, 3.8) is 0 Å². The molecule has 0 aliphatic rings. The van der Waals surface area contributed by atoms with Gasteiger partial charge >= 0.3 is 0 Å². The van der Waals surface area contributed by atoms with Crippen LogP contribution in [-0.2, 0) is 4.74 Å². The van der Waals surface area contributed by atoms with Gasteiger partial charge in [0.15, 0.2) is 11.9 Å². The van der Waals surface area contributed by atoms with Gasteiger partial charge in [-0.25, -0.2) is 0 Å². The number of aliphatic hydroxyl groups is 1. The van der Waals surface area contributed by atoms with Gasteiger partial charge < -0.3 is 19.3 Å². The van der Waals surface area contributed by atoms with Crippen LogP contribution in [0.4, 0.5) is 0 Å². The Labute approximate surface area is 215 Å². The number of aliphatic hydroxyl groups excluding tert-OH is 1. The summed E-state index contributed by atoms with van der Waals surface area (Å²) < 4.78 is 17.3. The summed E-state index contributed by atoms with van der Waals surface area (Å²) in [5, 5.41) is 12.0. The van der Waals surface area contributed by atoms with Gasteiger partial charge in [0.1, 0.15) is 23.7 Å². The van der Waals surface area contributed by atoms with Gasteiger partial charge in [-0.05, 0) is 47.0 Å². The molecule has 0 aliphatic heterocycles. The van der Waals surface area contributed by atoms with Gasteiger partial charge in [-0.3, -0.25) is 4.79 Å². The van der Waals surface area contributed by atoms with E-state index in [4.69, 9.17) is 25.8 Å². The summed E-state index contributed by atoms with van der Waals surface area (Å²) in [6, 6.07) is 30.8. The number of carbonyl (C=O) groups excluding carboxylic acids is 1. The third-order valence-corrected chi connectivity index (χ3v) is 6.17. The Morgan fingerprint density at radius 2 is 1.33 bits per heavy atom. The summed E-state index contributed by atoms with van der Waals surface area (Å²) in [5.74, 6) is 0.403. The third-order valence-electron chi connectivity index (χ3n) is 5.92. The maximum absolute atomic E-state index is 14.0. The van der Waals surface area contributed by atoms with Crippen LogP contribution in [0.25, 0.3) is 0 Å². The van der Waals surface area contributed by atoms with Crippen LogP contribution < -0.4 is 9.47 Å². The van der Waals surface area contributed by atoms with E-state index in [1.807, 2.05) is 60.7 Å². The van der Waals surface area contributed by atoms with Crippen molar-refractivity contribution in [2.24, 2.45) is 0 Å². The molecule has 4 aromatic carbocycles. The minimum atomic E-state index is -1.28. The zero-order chi connectivity index (χ0) is 25.5. The molecule has 0 amide bonds. The number of Topliss-reactive ketones (excluding diaryl/α,β-unsaturated/α-hetero) is 1. The van der Waals surface area contributed by atoms with Gasteiger partial charge in [-0.1, -0.05) is 84.4 Å². The lowest BCUT2D eigenvalue weighted by Gasteiger charge is -2.29. The Kier molecular flexibility index (Phi) is 8.39. The highest BCUT2D eigenvalue weighted by Gasteiger charge is 2.35. The van der Waals surface area contributed by atoms with Crippen LogP contribution in [0, 0.1) is 0 Å². The molecule has 184 valence electrons. The van der Waals surface area contributed by atoms with Crippen molar-refractivity contribution in [2.75, 3.05) is 14.2 Å². The molecule has 0 fully saturated rings. The minimum absolute atomic E-state index is 0.245. The van der Waals surface area contributed by atoms with Gasteiger partial charge in [0.25, 0.3) is 0 Å². The first kappa shape index (κ1) is 25.5. The molecule has 36 heavy (non-hydrogen) atoms. The molecular formula is C30H27ClO5. The summed E-state index contributed by atoms with van der Waals surface area (Å²) >= 11 is 6.06. The average molecular weight is 503 g/mol. The minimum Gasteiger partial charge on any atom is -0.497 e. The Hall–Kier alpha value is -3.64. The zero-order valence-corrected chi connectivity index (χ0v) is 20.8. The van der Waals surface area contributed by atoms with Crippen LogP contribution in [0.3, 0.4) is 0 Å². The maximum Gasteiger partial charge on any atom is 0.198 e. The van der Waals surface area contributed by atoms with Crippen molar-refractivity contribution >= 4 is 17.4 Å². The smallest absolute Gasteiger partial charge is 0.198 e. The number of carbonyl (C=O) groups is 1. The predicted octanol–water partition coefficient (Wildman–Crippen LogP) is 6.45. The van der Waals surface area contributed by atoms with Crippen molar-refractivity contribution in [2.45, 2.75) is 18.3 Å². The number of benzene rings is 4. The van der Waals surface area contributed by atoms with Crippen LogP contribution in [-0.4, -0.2) is 31.2 Å². The lowest BCUT2D eigenvalue weighted by Crippen LogP contribution is -2.33. The van der Waals surface area contributed by atoms with E-state index >= 15 is 0 Å². The fraction of sp³-hybridized carbons (Fsp3) is 0.167. The molecule has 6 heteroatoms. The fourth-order valence-corrected chi connectivity index (χ4v) is 4.15. The molecule has 5 nitrogen and oxygen atoms in total. The standard InChI is InChI=1S/C30H27ClO5/c1-34-24-17-18-26(35-2)25(19-24)28(33)30(27(32)20-13-15-23(31)16-14-20)36-29(21-9-5-3-6-10-21)22-11-7-4-8-12-22/h3-19,27,29-30,32H,1-2H3/t27-,30+/m1/s1. The highest BCUT2D eigenvalue weighted by Crippen LogP contribution is 2.35. The van der Waals surface area contributed by atoms with Crippen molar-refractivity contribution in [1.29, 1.82) is 0 Å². The first-order valence-electron chi connectivity index (χ1n) is 11.5. The van der Waals surface area contributed by atoms with Crippen LogP contribution in [0.5, 0.6) is 11.5 Å². The molecule has 0 saturated carbocycles. The molecule has 0 aromatic heterocycles. The van der Waals surface area contributed by atoms with E-state index in [2.05, 4.69) is 0 Å². The van der Waals surface area contributed by atoms with Gasteiger partial charge in [-0.2, -0.15) is 0 Å². The number of rotatable bonds is 10. The first-order valence-corrected chi connectivity index (χ1v) is 11.8. The Balaban J connectivity index is 1.81. The molecule has 2 atom stereocenters. The topological polar surface area (TPSA) is 65.0 Å². The molecule has 0 radical (unpaired) electrons. The number of methoxy groups -OCH3 is 2. The Morgan fingerprint density at radius 3 is 1.86 bits per heavy atom. The zero-order valence-electron chi connectivity index (χ0n) is 20.0. The summed E-state index contributed by atoms with van der Waals surface area (Å²) in [4.78, 5) is 14.0. The number of hydrogen-bond acceptors (Lipinski definition) is 5. The number of ketones is 1. The Morgan fingerprint density at radius 1 is 0.750 bits per heavy atom. The third kappa shape index (κ3) is 5.77. The van der Waals surface area contributed by atoms with Crippen LogP contribution in [0.1, 0.15) is 39.3 Å². The average Bonchev–Trinajstić information content (AvgIpc) is 2.94. The lowest BCUT2D eigenvalue weighted by atomic mass is 9.94. The number of halogens is 1. The second-order valence-corrected chi connectivity index (χ2v) is 8.62. The normalized spacial score (nSPS) is 12.7. The lowest BCUT2D eigenvalue weighted by molar-refractivity contribution is -0.0489. The monoisotopic (exact) mass is 502 g/mol. The van der Waals surface area contributed by atoms with Gasteiger partial charge in [0, 0.05) is 5.02 Å². The van der Waals surface area contributed by atoms with Crippen LogP contribution >= 0.6 is 11.6 Å². The van der Waals surface area contributed by atoms with Crippen LogP contribution in [0.15, 0.2) is 103 Å². The molecule has 0 spiro atoms. The molecule has 4 aromatic rings. The number of ether oxygens (including phenoxy) is 3. The summed E-state index contributed by atoms with van der Waals surface area (Å²) in [5.41, 5.74) is 2.44. The van der Waals surface area contributed by atoms with Crippen molar-refractivity contribution in [1.82, 2.24) is 0 Å². The van der Waals surface area contributed by atoms with E-state index in [-0.39, 0.29) is 5.56 Å². The SMILES string of the molecule is COc1ccc(OC)c(C(=O)[C@@H](OC(c2ccccc2)c2ccccc2)[C@H](O)c2ccc(Cl)cc2)c1. The maximum atomic E-state index is 14.0. The largest absolute Gasteiger partial charge is 0.497 e. The summed E-state index contributed by atoms with van der Waals surface area (Å²) in [6.07, 6.45) is -3.15. The predicted molar refractivity (Wildman–Crippen MR) is 140 cm³/mol. The van der Waals surface area contributed by atoms with E-state index in [1.54, 1.807) is 42.5 Å². The molecule has 1 N–H and O–H groups in total. The summed E-state index contributed by atoms with van der Waals surface area (Å²) in [7, 11) is 3.01. The van der Waals surface area contributed by atoms with Gasteiger partial charge in [-0.15, -0.1) is 0 Å². The van der Waals surface area contributed by atoms with Gasteiger partial charge in [0.2, 0.25) is 0 Å². The first-order chi connectivity index (χ1) is 17.5. The molecule has 0 aliphatic carbocycles. The highest BCUT2D eigenvalue weighted by atomic mass is 35.5. The second kappa shape index (κ2) is 11.9. The van der Waals surface area contributed by atoms with E-state index in [1.165, 1.54) is 14.2 Å². The molecule has 0 heterocycles. The molecule has 0 saturated heterocycles. The number of hydrogen-bond donors (Lipinski definition) is 1. The van der Waals surface area contributed by atoms with E-state index in [0.29, 0.717) is 22.1 Å². The van der Waals surface area contributed by atoms with Crippen molar-refractivity contribution < 1.29 is 24.1 Å². The quantitative estimate of drug-likeness (QED) is 0.252. The van der Waals surface area contributed by atoms with Crippen molar-refractivity contribution in [3.8, 4) is 11.5 Å². The van der Waals surface area contributed by atoms with Crippen molar-refractivity contribution in [3.05, 3.63) is 130 Å². The molecule has 0 bridgehead atoms. The molecule has 0 unspecified atom stereocenters. The van der Waals surface area contributed by atoms with Crippen LogP contribution in [0.2, 0.25) is 5.02 Å². The van der Waals surface area contributed by atoms with E-state index in [9.17, 15) is 9.90 Å². The molecular weight excluding hydrogens is 476 g/mol. The molecule has 4 rings (SSSR count). The Bertz CT molecular complexity index is 1240.